The lowest BCUT2D eigenvalue weighted by atomic mass is 10.1. The van der Waals surface area contributed by atoms with E-state index in [0.717, 1.165) is 29.8 Å². The van der Waals surface area contributed by atoms with Gasteiger partial charge in [-0.2, -0.15) is 15.0 Å². The number of aromatic nitrogens is 5. The Balaban J connectivity index is 1.72. The summed E-state index contributed by atoms with van der Waals surface area (Å²) in [5.41, 5.74) is 7.69. The predicted molar refractivity (Wildman–Crippen MR) is 119 cm³/mol. The number of aryl methyl sites for hydroxylation is 1. The number of hydroxylamine groups is 2. The Kier molecular flexibility index (Phi) is 5.84. The van der Waals surface area contributed by atoms with E-state index in [2.05, 4.69) is 28.6 Å². The molecular weight excluding hydrogens is 410 g/mol. The average Bonchev–Trinajstić information content (AvgIpc) is 3.35. The van der Waals surface area contributed by atoms with Gasteiger partial charge >= 0.3 is 0 Å². The van der Waals surface area contributed by atoms with Crippen molar-refractivity contribution in [2.45, 2.75) is 33.4 Å². The second-order valence-corrected chi connectivity index (χ2v) is 7.97. The monoisotopic (exact) mass is 435 g/mol. The first kappa shape index (κ1) is 21.4. The van der Waals surface area contributed by atoms with Gasteiger partial charge in [-0.1, -0.05) is 13.8 Å². The zero-order valence-corrected chi connectivity index (χ0v) is 17.8. The van der Waals surface area contributed by atoms with E-state index >= 15 is 0 Å². The van der Waals surface area contributed by atoms with Gasteiger partial charge in [0, 0.05) is 17.7 Å². The van der Waals surface area contributed by atoms with Crippen LogP contribution in [0, 0.1) is 16.7 Å². The summed E-state index contributed by atoms with van der Waals surface area (Å²) in [4.78, 5) is 6.34. The van der Waals surface area contributed by atoms with E-state index in [0.29, 0.717) is 34.6 Å². The van der Waals surface area contributed by atoms with E-state index in [1.807, 2.05) is 17.0 Å². The lowest BCUT2D eigenvalue weighted by molar-refractivity contribution is 0.234. The summed E-state index contributed by atoms with van der Waals surface area (Å²) in [6.45, 7) is 5.47. The molecule has 0 spiro atoms. The summed E-state index contributed by atoms with van der Waals surface area (Å²) in [5, 5.41) is 42.6. The first-order chi connectivity index (χ1) is 15.4. The quantitative estimate of drug-likeness (QED) is 0.148. The average molecular weight is 435 g/mol. The lowest BCUT2D eigenvalue weighted by Gasteiger charge is -2.11. The molecule has 2 heterocycles. The van der Waals surface area contributed by atoms with Crippen LogP contribution in [0.25, 0.3) is 22.1 Å². The molecule has 2 aromatic heterocycles. The number of rotatable bonds is 7. The normalized spacial score (nSPS) is 11.4. The second kappa shape index (κ2) is 8.73. The number of nitrogens with zero attached hydrogens (tertiary/aromatic N) is 5. The molecule has 4 rings (SSSR count). The molecular formula is C21H25N9O2. The van der Waals surface area contributed by atoms with Crippen LogP contribution in [0.3, 0.4) is 0 Å². The van der Waals surface area contributed by atoms with Gasteiger partial charge in [-0.15, -0.1) is 0 Å². The van der Waals surface area contributed by atoms with Crippen molar-refractivity contribution in [3.8, 4) is 0 Å². The first-order valence-electron chi connectivity index (χ1n) is 10.2. The molecule has 0 amide bonds. The van der Waals surface area contributed by atoms with Crippen LogP contribution in [-0.2, 0) is 13.1 Å². The fourth-order valence-electron chi connectivity index (χ4n) is 3.53. The van der Waals surface area contributed by atoms with Crippen molar-refractivity contribution >= 4 is 33.7 Å². The van der Waals surface area contributed by atoms with Crippen LogP contribution < -0.4 is 11.0 Å². The summed E-state index contributed by atoms with van der Waals surface area (Å²) in [6, 6.07) is 10.6. The van der Waals surface area contributed by atoms with Crippen molar-refractivity contribution in [1.29, 1.82) is 10.8 Å². The van der Waals surface area contributed by atoms with E-state index in [1.54, 1.807) is 35.1 Å². The topological polar surface area (TPSA) is 161 Å². The number of imidazole rings is 1. The van der Waals surface area contributed by atoms with Crippen molar-refractivity contribution in [1.82, 2.24) is 35.5 Å². The standard InChI is InChI=1S/C21H25N9O2/c1-12(2)7-8-29-18-6-4-14(21(23)28-32)10-17(18)24-19(29)11-30-25-15-5-3-13(20(22)27-31)9-16(15)26-30/h3-6,9-10,12,31-32H,7-8,11H2,1-2H3,(H2,22,27)(H2,23,28). The third-order valence-corrected chi connectivity index (χ3v) is 5.26. The maximum Gasteiger partial charge on any atom is 0.149 e. The van der Waals surface area contributed by atoms with Crippen LogP contribution in [0.2, 0.25) is 0 Å². The van der Waals surface area contributed by atoms with Gasteiger partial charge in [-0.3, -0.25) is 32.2 Å². The minimum atomic E-state index is -0.115. The molecule has 0 aliphatic heterocycles. The van der Waals surface area contributed by atoms with Crippen molar-refractivity contribution in [3.63, 3.8) is 0 Å². The van der Waals surface area contributed by atoms with Crippen LogP contribution >= 0.6 is 0 Å². The van der Waals surface area contributed by atoms with Crippen LogP contribution in [0.4, 0.5) is 0 Å². The third kappa shape index (κ3) is 4.15. The number of hydrogen-bond acceptors (Lipinski definition) is 7. The minimum absolute atomic E-state index is 0.0936. The van der Waals surface area contributed by atoms with Gasteiger partial charge in [0.05, 0.1) is 11.0 Å². The fourth-order valence-corrected chi connectivity index (χ4v) is 3.53. The Hall–Kier alpha value is -3.83. The zero-order valence-electron chi connectivity index (χ0n) is 17.8. The fraction of sp³-hybridized carbons (Fsp3) is 0.286. The summed E-state index contributed by atoms with van der Waals surface area (Å²) in [6.07, 6.45) is 0.975. The van der Waals surface area contributed by atoms with Gasteiger partial charge in [0.1, 0.15) is 35.1 Å². The van der Waals surface area contributed by atoms with Crippen molar-refractivity contribution < 1.29 is 10.4 Å². The summed E-state index contributed by atoms with van der Waals surface area (Å²) >= 11 is 0. The van der Waals surface area contributed by atoms with E-state index < -0.39 is 0 Å². The smallest absolute Gasteiger partial charge is 0.149 e. The van der Waals surface area contributed by atoms with E-state index in [-0.39, 0.29) is 11.7 Å². The molecule has 32 heavy (non-hydrogen) atoms. The Labute approximate surface area is 183 Å². The number of amidine groups is 2. The Morgan fingerprint density at radius 1 is 0.938 bits per heavy atom. The van der Waals surface area contributed by atoms with Crippen LogP contribution in [0.1, 0.15) is 37.2 Å². The highest BCUT2D eigenvalue weighted by atomic mass is 16.5. The van der Waals surface area contributed by atoms with E-state index in [4.69, 9.17) is 26.2 Å². The van der Waals surface area contributed by atoms with Crippen LogP contribution in [0.15, 0.2) is 36.4 Å². The number of benzene rings is 2. The Morgan fingerprint density at radius 2 is 1.56 bits per heavy atom. The molecule has 0 fully saturated rings. The van der Waals surface area contributed by atoms with Crippen LogP contribution in [0.5, 0.6) is 0 Å². The van der Waals surface area contributed by atoms with Gasteiger partial charge in [0.2, 0.25) is 0 Å². The van der Waals surface area contributed by atoms with E-state index in [1.165, 1.54) is 0 Å². The first-order valence-corrected chi connectivity index (χ1v) is 10.2. The zero-order chi connectivity index (χ0) is 22.8. The summed E-state index contributed by atoms with van der Waals surface area (Å²) in [7, 11) is 0. The number of hydrogen-bond donors (Lipinski definition) is 6. The van der Waals surface area contributed by atoms with Crippen molar-refractivity contribution in [3.05, 3.63) is 53.3 Å². The molecule has 0 unspecified atom stereocenters. The van der Waals surface area contributed by atoms with Gasteiger partial charge in [-0.05, 0) is 48.7 Å². The highest BCUT2D eigenvalue weighted by Gasteiger charge is 2.15. The third-order valence-electron chi connectivity index (χ3n) is 5.26. The maximum atomic E-state index is 9.05. The lowest BCUT2D eigenvalue weighted by Crippen LogP contribution is -2.18. The molecule has 0 saturated heterocycles. The maximum absolute atomic E-state index is 9.05. The molecule has 4 aromatic rings. The molecule has 0 aliphatic carbocycles. The molecule has 11 nitrogen and oxygen atoms in total. The molecule has 166 valence electrons. The number of nitrogens with one attached hydrogen (secondary N) is 4. The van der Waals surface area contributed by atoms with Gasteiger partial charge < -0.3 is 4.57 Å². The molecule has 0 saturated carbocycles. The van der Waals surface area contributed by atoms with E-state index in [9.17, 15) is 0 Å². The Morgan fingerprint density at radius 3 is 2.22 bits per heavy atom. The second-order valence-electron chi connectivity index (χ2n) is 7.97. The molecule has 0 radical (unpaired) electrons. The van der Waals surface area contributed by atoms with Crippen molar-refractivity contribution in [2.75, 3.05) is 0 Å². The number of fused-ring (bicyclic) bond motifs is 2. The van der Waals surface area contributed by atoms with Gasteiger partial charge in [0.15, 0.2) is 0 Å². The SMILES string of the molecule is CC(C)CCn1c(Cn2nc3ccc(C(=N)NO)cc3n2)nc2cc(C(=N)NO)ccc21. The largest absolute Gasteiger partial charge is 0.326 e. The molecule has 11 heteroatoms. The summed E-state index contributed by atoms with van der Waals surface area (Å²) < 4.78 is 2.14. The minimum Gasteiger partial charge on any atom is -0.326 e. The van der Waals surface area contributed by atoms with Gasteiger partial charge in [0.25, 0.3) is 0 Å². The van der Waals surface area contributed by atoms with Crippen molar-refractivity contribution in [2.24, 2.45) is 5.92 Å². The molecule has 6 N–H and O–H groups in total. The molecule has 0 aliphatic rings. The highest BCUT2D eigenvalue weighted by Crippen LogP contribution is 2.21. The molecule has 0 atom stereocenters. The highest BCUT2D eigenvalue weighted by molar-refractivity contribution is 5.99. The molecule has 2 aromatic carbocycles. The Bertz CT molecular complexity index is 1310. The van der Waals surface area contributed by atoms with Crippen LogP contribution in [-0.4, -0.2) is 46.6 Å². The predicted octanol–water partition coefficient (Wildman–Crippen LogP) is 2.48. The van der Waals surface area contributed by atoms with Gasteiger partial charge in [-0.25, -0.2) is 4.98 Å². The summed E-state index contributed by atoms with van der Waals surface area (Å²) in [5.74, 6) is 1.09. The molecule has 0 bridgehead atoms.